The molecule has 0 aliphatic heterocycles. The van der Waals surface area contributed by atoms with E-state index >= 15 is 0 Å². The van der Waals surface area contributed by atoms with Crippen molar-refractivity contribution < 1.29 is 9.13 Å². The minimum atomic E-state index is -0.400. The maximum atomic E-state index is 13.9. The van der Waals surface area contributed by atoms with E-state index in [0.717, 1.165) is 16.0 Å². The maximum absolute atomic E-state index is 13.9. The van der Waals surface area contributed by atoms with E-state index in [-0.39, 0.29) is 11.3 Å². The van der Waals surface area contributed by atoms with Gasteiger partial charge in [-0.05, 0) is 29.3 Å². The molecule has 0 saturated carbocycles. The van der Waals surface area contributed by atoms with Crippen molar-refractivity contribution in [3.63, 3.8) is 0 Å². The van der Waals surface area contributed by atoms with Gasteiger partial charge in [0.2, 0.25) is 0 Å². The standard InChI is InChI=1S/C21H17FN2O2S2/c1-24-20(25)19-16(11-18(28-19)14-6-4-3-5-7-14)23-21(24)27-12-13-8-9-17(26-2)15(22)10-13/h3-11H,12H2,1-2H3. The highest BCUT2D eigenvalue weighted by molar-refractivity contribution is 7.98. The SMILES string of the molecule is COc1ccc(CSc2nc3cc(-c4ccccc4)sc3c(=O)n2C)cc1F. The van der Waals surface area contributed by atoms with Gasteiger partial charge in [-0.1, -0.05) is 48.2 Å². The molecule has 0 aliphatic rings. The molecule has 0 bridgehead atoms. The fourth-order valence-corrected chi connectivity index (χ4v) is 4.85. The van der Waals surface area contributed by atoms with Gasteiger partial charge in [0, 0.05) is 17.7 Å². The number of nitrogens with zero attached hydrogens (tertiary/aromatic N) is 2. The first-order valence-corrected chi connectivity index (χ1v) is 10.4. The van der Waals surface area contributed by atoms with Crippen LogP contribution in [0.25, 0.3) is 20.7 Å². The summed E-state index contributed by atoms with van der Waals surface area (Å²) in [6, 6.07) is 16.8. The number of aromatic nitrogens is 2. The van der Waals surface area contributed by atoms with Crippen molar-refractivity contribution >= 4 is 33.3 Å². The molecule has 2 heterocycles. The molecule has 4 aromatic rings. The molecular weight excluding hydrogens is 395 g/mol. The Hall–Kier alpha value is -2.64. The fraction of sp³-hybridized carbons (Fsp3) is 0.143. The van der Waals surface area contributed by atoms with Crippen LogP contribution in [0.1, 0.15) is 5.56 Å². The largest absolute Gasteiger partial charge is 0.494 e. The zero-order valence-electron chi connectivity index (χ0n) is 15.3. The van der Waals surface area contributed by atoms with Crippen LogP contribution in [0.2, 0.25) is 0 Å². The number of rotatable bonds is 5. The maximum Gasteiger partial charge on any atom is 0.271 e. The molecule has 0 spiro atoms. The number of fused-ring (bicyclic) bond motifs is 1. The molecule has 4 rings (SSSR count). The van der Waals surface area contributed by atoms with E-state index in [1.165, 1.54) is 36.3 Å². The van der Waals surface area contributed by atoms with E-state index in [1.807, 2.05) is 42.5 Å². The average Bonchev–Trinajstić information content (AvgIpc) is 3.15. The van der Waals surface area contributed by atoms with Crippen LogP contribution in [-0.4, -0.2) is 16.7 Å². The highest BCUT2D eigenvalue weighted by Crippen LogP contribution is 2.32. The molecule has 4 nitrogen and oxygen atoms in total. The van der Waals surface area contributed by atoms with Gasteiger partial charge < -0.3 is 4.74 Å². The quantitative estimate of drug-likeness (QED) is 0.338. The van der Waals surface area contributed by atoms with Crippen molar-refractivity contribution in [2.75, 3.05) is 7.11 Å². The molecule has 0 saturated heterocycles. The van der Waals surface area contributed by atoms with Crippen molar-refractivity contribution in [1.29, 1.82) is 0 Å². The van der Waals surface area contributed by atoms with Gasteiger partial charge in [0.25, 0.3) is 5.56 Å². The van der Waals surface area contributed by atoms with Gasteiger partial charge in [-0.25, -0.2) is 9.37 Å². The van der Waals surface area contributed by atoms with Gasteiger partial charge >= 0.3 is 0 Å². The summed E-state index contributed by atoms with van der Waals surface area (Å²) in [5.41, 5.74) is 2.49. The molecule has 2 aromatic heterocycles. The lowest BCUT2D eigenvalue weighted by molar-refractivity contribution is 0.386. The molecule has 0 amide bonds. The van der Waals surface area contributed by atoms with Crippen LogP contribution in [0.5, 0.6) is 5.75 Å². The van der Waals surface area contributed by atoms with Gasteiger partial charge in [-0.3, -0.25) is 9.36 Å². The molecule has 142 valence electrons. The van der Waals surface area contributed by atoms with Crippen molar-refractivity contribution in [1.82, 2.24) is 9.55 Å². The lowest BCUT2D eigenvalue weighted by Gasteiger charge is -2.08. The van der Waals surface area contributed by atoms with Crippen LogP contribution in [0.4, 0.5) is 4.39 Å². The fourth-order valence-electron chi connectivity index (χ4n) is 2.86. The molecule has 2 aromatic carbocycles. The van der Waals surface area contributed by atoms with Crippen molar-refractivity contribution in [3.8, 4) is 16.2 Å². The molecule has 28 heavy (non-hydrogen) atoms. The Balaban J connectivity index is 1.65. The summed E-state index contributed by atoms with van der Waals surface area (Å²) in [6.07, 6.45) is 0. The van der Waals surface area contributed by atoms with Crippen molar-refractivity contribution in [3.05, 3.63) is 76.3 Å². The van der Waals surface area contributed by atoms with E-state index in [0.29, 0.717) is 21.1 Å². The molecule has 0 unspecified atom stereocenters. The van der Waals surface area contributed by atoms with E-state index in [1.54, 1.807) is 17.7 Å². The Morgan fingerprint density at radius 2 is 1.96 bits per heavy atom. The number of halogens is 1. The summed E-state index contributed by atoms with van der Waals surface area (Å²) in [5, 5.41) is 0.603. The summed E-state index contributed by atoms with van der Waals surface area (Å²) in [5.74, 6) is 0.318. The van der Waals surface area contributed by atoms with Crippen LogP contribution in [-0.2, 0) is 12.8 Å². The van der Waals surface area contributed by atoms with Crippen molar-refractivity contribution in [2.45, 2.75) is 10.9 Å². The molecule has 0 N–H and O–H groups in total. The number of ether oxygens (including phenoxy) is 1. The number of hydrogen-bond donors (Lipinski definition) is 0. The van der Waals surface area contributed by atoms with Gasteiger partial charge in [-0.15, -0.1) is 11.3 Å². The van der Waals surface area contributed by atoms with E-state index < -0.39 is 5.82 Å². The van der Waals surface area contributed by atoms with E-state index in [2.05, 4.69) is 4.98 Å². The topological polar surface area (TPSA) is 44.1 Å². The normalized spacial score (nSPS) is 11.1. The Kier molecular flexibility index (Phi) is 5.19. The summed E-state index contributed by atoms with van der Waals surface area (Å²) < 4.78 is 21.0. The molecule has 0 atom stereocenters. The van der Waals surface area contributed by atoms with Crippen molar-refractivity contribution in [2.24, 2.45) is 7.05 Å². The second kappa shape index (κ2) is 7.77. The predicted octanol–water partition coefficient (Wildman–Crippen LogP) is 5.10. The van der Waals surface area contributed by atoms with Crippen LogP contribution in [0, 0.1) is 5.82 Å². The monoisotopic (exact) mass is 412 g/mol. The number of thiophene rings is 1. The molecule has 0 fully saturated rings. The van der Waals surface area contributed by atoms with Gasteiger partial charge in [-0.2, -0.15) is 0 Å². The highest BCUT2D eigenvalue weighted by atomic mass is 32.2. The highest BCUT2D eigenvalue weighted by Gasteiger charge is 2.14. The van der Waals surface area contributed by atoms with Gasteiger partial charge in [0.05, 0.1) is 12.6 Å². The summed E-state index contributed by atoms with van der Waals surface area (Å²) in [7, 11) is 3.15. The number of benzene rings is 2. The first-order valence-electron chi connectivity index (χ1n) is 8.58. The minimum Gasteiger partial charge on any atom is -0.494 e. The van der Waals surface area contributed by atoms with Crippen LogP contribution >= 0.6 is 23.1 Å². The molecule has 0 aliphatic carbocycles. The third-order valence-electron chi connectivity index (χ3n) is 4.36. The smallest absolute Gasteiger partial charge is 0.271 e. The first-order chi connectivity index (χ1) is 13.6. The molecule has 7 heteroatoms. The summed E-state index contributed by atoms with van der Waals surface area (Å²) in [6.45, 7) is 0. The predicted molar refractivity (Wildman–Crippen MR) is 113 cm³/mol. The van der Waals surface area contributed by atoms with E-state index in [4.69, 9.17) is 4.74 Å². The third-order valence-corrected chi connectivity index (χ3v) is 6.62. The zero-order chi connectivity index (χ0) is 19.7. The Bertz CT molecular complexity index is 1200. The second-order valence-corrected chi connectivity index (χ2v) is 8.20. The molecule has 0 radical (unpaired) electrons. The Morgan fingerprint density at radius 1 is 1.18 bits per heavy atom. The minimum absolute atomic E-state index is 0.0689. The Labute approximate surface area is 169 Å². The lowest BCUT2D eigenvalue weighted by Crippen LogP contribution is -2.18. The molecular formula is C21H17FN2O2S2. The Morgan fingerprint density at radius 3 is 2.68 bits per heavy atom. The lowest BCUT2D eigenvalue weighted by atomic mass is 10.2. The second-order valence-electron chi connectivity index (χ2n) is 6.21. The first kappa shape index (κ1) is 18.7. The average molecular weight is 413 g/mol. The summed E-state index contributed by atoms with van der Waals surface area (Å²) in [4.78, 5) is 18.5. The van der Waals surface area contributed by atoms with E-state index in [9.17, 15) is 9.18 Å². The summed E-state index contributed by atoms with van der Waals surface area (Å²) >= 11 is 2.86. The van der Waals surface area contributed by atoms with Gasteiger partial charge in [0.1, 0.15) is 4.70 Å². The number of methoxy groups -OCH3 is 1. The van der Waals surface area contributed by atoms with Crippen LogP contribution in [0.15, 0.2) is 64.5 Å². The third kappa shape index (κ3) is 3.55. The number of thioether (sulfide) groups is 1. The van der Waals surface area contributed by atoms with Crippen LogP contribution in [0.3, 0.4) is 0 Å². The number of hydrogen-bond acceptors (Lipinski definition) is 5. The van der Waals surface area contributed by atoms with Crippen LogP contribution < -0.4 is 10.3 Å². The van der Waals surface area contributed by atoms with Gasteiger partial charge in [0.15, 0.2) is 16.7 Å². The zero-order valence-corrected chi connectivity index (χ0v) is 16.9.